The first-order chi connectivity index (χ1) is 11.1. The molecule has 0 aliphatic carbocycles. The Bertz CT molecular complexity index is 619. The number of hydrogen-bond donors (Lipinski definition) is 1. The number of carbonyl (C=O) groups excluding carboxylic acids is 1. The van der Waals surface area contributed by atoms with Gasteiger partial charge in [-0.2, -0.15) is 0 Å². The van der Waals surface area contributed by atoms with Crippen molar-refractivity contribution in [1.82, 2.24) is 4.90 Å². The van der Waals surface area contributed by atoms with Gasteiger partial charge in [0, 0.05) is 19.5 Å². The molecule has 2 aromatic rings. The number of para-hydroxylation sites is 2. The summed E-state index contributed by atoms with van der Waals surface area (Å²) in [5.74, 6) is 0.203. The van der Waals surface area contributed by atoms with Crippen LogP contribution in [0.5, 0.6) is 5.75 Å². The van der Waals surface area contributed by atoms with Crippen LogP contribution in [0.3, 0.4) is 0 Å². The average Bonchev–Trinajstić information content (AvgIpc) is 2.56. The van der Waals surface area contributed by atoms with Crippen LogP contribution < -0.4 is 10.1 Å². The van der Waals surface area contributed by atoms with Crippen molar-refractivity contribution in [1.29, 1.82) is 0 Å². The van der Waals surface area contributed by atoms with Crippen LogP contribution in [0, 0.1) is 5.82 Å². The molecular weight excluding hydrogens is 295 g/mol. The highest BCUT2D eigenvalue weighted by atomic mass is 19.1. The lowest BCUT2D eigenvalue weighted by Gasteiger charge is -2.16. The summed E-state index contributed by atoms with van der Waals surface area (Å²) in [6.45, 7) is 1.84. The van der Waals surface area contributed by atoms with E-state index in [1.165, 1.54) is 6.07 Å². The third kappa shape index (κ3) is 6.08. The molecule has 0 radical (unpaired) electrons. The molecule has 4 nitrogen and oxygen atoms in total. The Balaban J connectivity index is 1.65. The van der Waals surface area contributed by atoms with Crippen molar-refractivity contribution in [3.05, 3.63) is 60.4 Å². The lowest BCUT2D eigenvalue weighted by molar-refractivity contribution is -0.116. The zero-order valence-electron chi connectivity index (χ0n) is 13.2. The van der Waals surface area contributed by atoms with Crippen molar-refractivity contribution in [2.24, 2.45) is 0 Å². The zero-order valence-corrected chi connectivity index (χ0v) is 13.2. The first kappa shape index (κ1) is 17.0. The van der Waals surface area contributed by atoms with E-state index in [4.69, 9.17) is 4.74 Å². The summed E-state index contributed by atoms with van der Waals surface area (Å²) in [6, 6.07) is 15.7. The monoisotopic (exact) mass is 316 g/mol. The second-order valence-corrected chi connectivity index (χ2v) is 5.24. The highest BCUT2D eigenvalue weighted by Gasteiger charge is 2.08. The molecule has 0 bridgehead atoms. The van der Waals surface area contributed by atoms with Crippen LogP contribution in [-0.2, 0) is 4.79 Å². The SMILES string of the molecule is CN(CCOc1ccccc1)CCC(=O)Nc1ccccc1F. The van der Waals surface area contributed by atoms with E-state index in [0.717, 1.165) is 5.75 Å². The minimum absolute atomic E-state index is 0.203. The standard InChI is InChI=1S/C18H21FN2O2/c1-21(13-14-23-15-7-3-2-4-8-15)12-11-18(22)20-17-10-6-5-9-16(17)19/h2-10H,11-14H2,1H3,(H,20,22). The van der Waals surface area contributed by atoms with Crippen LogP contribution in [0.1, 0.15) is 6.42 Å². The molecule has 0 heterocycles. The first-order valence-corrected chi connectivity index (χ1v) is 7.56. The molecule has 0 spiro atoms. The molecule has 0 aliphatic rings. The molecule has 2 aromatic carbocycles. The van der Waals surface area contributed by atoms with Gasteiger partial charge < -0.3 is 15.0 Å². The molecule has 5 heteroatoms. The smallest absolute Gasteiger partial charge is 0.225 e. The fraction of sp³-hybridized carbons (Fsp3) is 0.278. The summed E-state index contributed by atoms with van der Waals surface area (Å²) in [7, 11) is 1.92. The van der Waals surface area contributed by atoms with E-state index >= 15 is 0 Å². The molecule has 1 amide bonds. The van der Waals surface area contributed by atoms with Gasteiger partial charge in [-0.05, 0) is 31.3 Å². The Kier molecular flexibility index (Phi) is 6.56. The Morgan fingerprint density at radius 1 is 1.09 bits per heavy atom. The molecule has 2 rings (SSSR count). The first-order valence-electron chi connectivity index (χ1n) is 7.56. The largest absolute Gasteiger partial charge is 0.492 e. The van der Waals surface area contributed by atoms with Crippen LogP contribution in [0.4, 0.5) is 10.1 Å². The van der Waals surface area contributed by atoms with Gasteiger partial charge in [0.25, 0.3) is 0 Å². The Hall–Kier alpha value is -2.40. The summed E-state index contributed by atoms with van der Waals surface area (Å²) in [6.07, 6.45) is 0.302. The van der Waals surface area contributed by atoms with E-state index in [0.29, 0.717) is 26.1 Å². The van der Waals surface area contributed by atoms with E-state index in [9.17, 15) is 9.18 Å². The van der Waals surface area contributed by atoms with E-state index < -0.39 is 5.82 Å². The number of carbonyl (C=O) groups is 1. The van der Waals surface area contributed by atoms with Gasteiger partial charge in [-0.25, -0.2) is 4.39 Å². The number of likely N-dealkylation sites (N-methyl/N-ethyl adjacent to an activating group) is 1. The Morgan fingerprint density at radius 3 is 2.52 bits per heavy atom. The number of nitrogens with zero attached hydrogens (tertiary/aromatic N) is 1. The van der Waals surface area contributed by atoms with Crippen LogP contribution in [0.25, 0.3) is 0 Å². The Labute approximate surface area is 135 Å². The highest BCUT2D eigenvalue weighted by Crippen LogP contribution is 2.12. The van der Waals surface area contributed by atoms with Gasteiger partial charge in [0.15, 0.2) is 0 Å². The van der Waals surface area contributed by atoms with Crippen LogP contribution >= 0.6 is 0 Å². The van der Waals surface area contributed by atoms with Gasteiger partial charge in [0.1, 0.15) is 18.2 Å². The summed E-state index contributed by atoms with van der Waals surface area (Å²) < 4.78 is 19.0. The molecular formula is C18H21FN2O2. The second kappa shape index (κ2) is 8.90. The summed E-state index contributed by atoms with van der Waals surface area (Å²) in [4.78, 5) is 13.8. The predicted octanol–water partition coefficient (Wildman–Crippen LogP) is 3.17. The number of amides is 1. The van der Waals surface area contributed by atoms with Crippen molar-refractivity contribution < 1.29 is 13.9 Å². The van der Waals surface area contributed by atoms with Gasteiger partial charge in [0.2, 0.25) is 5.91 Å². The molecule has 1 N–H and O–H groups in total. The molecule has 0 atom stereocenters. The van der Waals surface area contributed by atoms with E-state index in [-0.39, 0.29) is 11.6 Å². The number of rotatable bonds is 8. The number of anilines is 1. The Morgan fingerprint density at radius 2 is 1.78 bits per heavy atom. The van der Waals surface area contributed by atoms with Gasteiger partial charge in [-0.1, -0.05) is 30.3 Å². The van der Waals surface area contributed by atoms with Gasteiger partial charge in [-0.3, -0.25) is 4.79 Å². The third-order valence-corrected chi connectivity index (χ3v) is 3.35. The van der Waals surface area contributed by atoms with Gasteiger partial charge >= 0.3 is 0 Å². The fourth-order valence-electron chi connectivity index (χ4n) is 2.02. The maximum atomic E-state index is 13.4. The molecule has 0 saturated carbocycles. The minimum atomic E-state index is -0.425. The van der Waals surface area contributed by atoms with Crippen LogP contribution in [0.2, 0.25) is 0 Å². The van der Waals surface area contributed by atoms with Gasteiger partial charge in [0.05, 0.1) is 5.69 Å². The number of nitrogens with one attached hydrogen (secondary N) is 1. The molecule has 122 valence electrons. The molecule has 0 aliphatic heterocycles. The zero-order chi connectivity index (χ0) is 16.5. The fourth-order valence-corrected chi connectivity index (χ4v) is 2.02. The summed E-state index contributed by atoms with van der Waals surface area (Å²) in [5, 5.41) is 2.58. The number of halogens is 1. The quantitative estimate of drug-likeness (QED) is 0.813. The molecule has 0 fully saturated rings. The number of ether oxygens (including phenoxy) is 1. The van der Waals surface area contributed by atoms with Crippen LogP contribution in [0.15, 0.2) is 54.6 Å². The molecule has 0 unspecified atom stereocenters. The summed E-state index contributed by atoms with van der Waals surface area (Å²) in [5.41, 5.74) is 0.215. The molecule has 0 saturated heterocycles. The van der Waals surface area contributed by atoms with Crippen molar-refractivity contribution in [2.45, 2.75) is 6.42 Å². The van der Waals surface area contributed by atoms with Crippen molar-refractivity contribution in [2.75, 3.05) is 32.1 Å². The van der Waals surface area contributed by atoms with E-state index in [2.05, 4.69) is 5.32 Å². The average molecular weight is 316 g/mol. The lowest BCUT2D eigenvalue weighted by atomic mass is 10.3. The minimum Gasteiger partial charge on any atom is -0.492 e. The molecule has 0 aromatic heterocycles. The predicted molar refractivity (Wildman–Crippen MR) is 89.1 cm³/mol. The normalized spacial score (nSPS) is 10.6. The van der Waals surface area contributed by atoms with E-state index in [1.54, 1.807) is 18.2 Å². The van der Waals surface area contributed by atoms with Crippen molar-refractivity contribution in [3.8, 4) is 5.75 Å². The lowest BCUT2D eigenvalue weighted by Crippen LogP contribution is -2.28. The maximum absolute atomic E-state index is 13.4. The van der Waals surface area contributed by atoms with Crippen molar-refractivity contribution >= 4 is 11.6 Å². The second-order valence-electron chi connectivity index (χ2n) is 5.24. The number of benzene rings is 2. The van der Waals surface area contributed by atoms with Gasteiger partial charge in [-0.15, -0.1) is 0 Å². The summed E-state index contributed by atoms with van der Waals surface area (Å²) >= 11 is 0. The highest BCUT2D eigenvalue weighted by molar-refractivity contribution is 5.90. The topological polar surface area (TPSA) is 41.6 Å². The van der Waals surface area contributed by atoms with E-state index in [1.807, 2.05) is 42.3 Å². The van der Waals surface area contributed by atoms with Crippen LogP contribution in [-0.4, -0.2) is 37.6 Å². The van der Waals surface area contributed by atoms with Crippen molar-refractivity contribution in [3.63, 3.8) is 0 Å². The maximum Gasteiger partial charge on any atom is 0.225 e. The third-order valence-electron chi connectivity index (χ3n) is 3.35. The number of hydrogen-bond acceptors (Lipinski definition) is 3. The molecule has 23 heavy (non-hydrogen) atoms.